The SMILES string of the molecule is O=C1N[C@H](c2ccccc2O)Nc2ccccc21. The fraction of sp³-hybridized carbons (Fsp3) is 0.0714. The lowest BCUT2D eigenvalue weighted by Crippen LogP contribution is -2.38. The number of anilines is 1. The van der Waals surface area contributed by atoms with Crippen molar-refractivity contribution in [3.05, 3.63) is 59.7 Å². The zero-order valence-corrected chi connectivity index (χ0v) is 9.55. The largest absolute Gasteiger partial charge is 0.508 e. The van der Waals surface area contributed by atoms with E-state index in [1.54, 1.807) is 24.3 Å². The summed E-state index contributed by atoms with van der Waals surface area (Å²) in [6, 6.07) is 14.2. The zero-order valence-electron chi connectivity index (χ0n) is 9.55. The lowest BCUT2D eigenvalue weighted by atomic mass is 10.1. The Bertz CT molecular complexity index is 610. The maximum Gasteiger partial charge on any atom is 0.255 e. The minimum atomic E-state index is -0.409. The van der Waals surface area contributed by atoms with Gasteiger partial charge in [-0.25, -0.2) is 0 Å². The highest BCUT2D eigenvalue weighted by atomic mass is 16.3. The van der Waals surface area contributed by atoms with Crippen LogP contribution in [-0.4, -0.2) is 11.0 Å². The molecule has 3 N–H and O–H groups in total. The number of para-hydroxylation sites is 2. The third kappa shape index (κ3) is 1.68. The Balaban J connectivity index is 2.00. The van der Waals surface area contributed by atoms with E-state index in [2.05, 4.69) is 10.6 Å². The standard InChI is InChI=1S/C14H12N2O2/c17-12-8-4-2-6-10(12)13-15-11-7-3-1-5-9(11)14(18)16-13/h1-8,13,15,17H,(H,16,18)/t13-/m1/s1. The number of fused-ring (bicyclic) bond motifs is 1. The highest BCUT2D eigenvalue weighted by molar-refractivity contribution is 6.01. The first kappa shape index (κ1) is 10.7. The topological polar surface area (TPSA) is 61.4 Å². The molecule has 0 saturated carbocycles. The third-order valence-electron chi connectivity index (χ3n) is 2.99. The van der Waals surface area contributed by atoms with Crippen molar-refractivity contribution < 1.29 is 9.90 Å². The van der Waals surface area contributed by atoms with E-state index < -0.39 is 6.17 Å². The number of rotatable bonds is 1. The van der Waals surface area contributed by atoms with Gasteiger partial charge in [0, 0.05) is 11.3 Å². The van der Waals surface area contributed by atoms with Crippen LogP contribution in [0.25, 0.3) is 0 Å². The predicted octanol–water partition coefficient (Wildman–Crippen LogP) is 2.25. The van der Waals surface area contributed by atoms with Gasteiger partial charge in [0.1, 0.15) is 11.9 Å². The fourth-order valence-electron chi connectivity index (χ4n) is 2.09. The number of hydrogen-bond acceptors (Lipinski definition) is 3. The molecule has 0 spiro atoms. The zero-order chi connectivity index (χ0) is 12.5. The Morgan fingerprint density at radius 2 is 1.67 bits per heavy atom. The molecule has 1 atom stereocenters. The van der Waals surface area contributed by atoms with Crippen LogP contribution in [0.5, 0.6) is 5.75 Å². The molecule has 2 aromatic rings. The summed E-state index contributed by atoms with van der Waals surface area (Å²) in [6.07, 6.45) is -0.409. The quantitative estimate of drug-likeness (QED) is 0.716. The van der Waals surface area contributed by atoms with Gasteiger partial charge in [-0.1, -0.05) is 30.3 Å². The molecule has 18 heavy (non-hydrogen) atoms. The molecule has 4 nitrogen and oxygen atoms in total. The Morgan fingerprint density at radius 1 is 0.944 bits per heavy atom. The van der Waals surface area contributed by atoms with Crippen LogP contribution in [-0.2, 0) is 0 Å². The second-order valence-corrected chi connectivity index (χ2v) is 4.16. The number of benzene rings is 2. The minimum absolute atomic E-state index is 0.141. The van der Waals surface area contributed by atoms with Gasteiger partial charge < -0.3 is 15.7 Å². The molecule has 3 rings (SSSR count). The summed E-state index contributed by atoms with van der Waals surface area (Å²) in [5.74, 6) is 0.0206. The van der Waals surface area contributed by atoms with Gasteiger partial charge in [-0.15, -0.1) is 0 Å². The van der Waals surface area contributed by atoms with Gasteiger partial charge in [0.2, 0.25) is 0 Å². The molecule has 0 saturated heterocycles. The molecule has 1 aliphatic rings. The number of amides is 1. The van der Waals surface area contributed by atoms with Crippen LogP contribution in [0.1, 0.15) is 22.1 Å². The number of aromatic hydroxyl groups is 1. The van der Waals surface area contributed by atoms with E-state index in [4.69, 9.17) is 0 Å². The maximum atomic E-state index is 11.9. The molecule has 0 aliphatic carbocycles. The highest BCUT2D eigenvalue weighted by Crippen LogP contribution is 2.30. The van der Waals surface area contributed by atoms with E-state index in [1.165, 1.54) is 0 Å². The van der Waals surface area contributed by atoms with E-state index in [-0.39, 0.29) is 11.7 Å². The van der Waals surface area contributed by atoms with Crippen LogP contribution in [0.2, 0.25) is 0 Å². The second-order valence-electron chi connectivity index (χ2n) is 4.16. The van der Waals surface area contributed by atoms with E-state index in [1.807, 2.05) is 24.3 Å². The van der Waals surface area contributed by atoms with Gasteiger partial charge >= 0.3 is 0 Å². The Hall–Kier alpha value is -2.49. The molecule has 2 aromatic carbocycles. The van der Waals surface area contributed by atoms with Gasteiger partial charge in [0.25, 0.3) is 5.91 Å². The summed E-state index contributed by atoms with van der Waals surface area (Å²) < 4.78 is 0. The average molecular weight is 240 g/mol. The van der Waals surface area contributed by atoms with Crippen molar-refractivity contribution in [1.82, 2.24) is 5.32 Å². The molecular weight excluding hydrogens is 228 g/mol. The average Bonchev–Trinajstić information content (AvgIpc) is 2.39. The lowest BCUT2D eigenvalue weighted by molar-refractivity contribution is 0.0935. The van der Waals surface area contributed by atoms with Crippen molar-refractivity contribution in [2.24, 2.45) is 0 Å². The molecule has 1 aliphatic heterocycles. The normalized spacial score (nSPS) is 17.6. The summed E-state index contributed by atoms with van der Waals surface area (Å²) in [4.78, 5) is 11.9. The van der Waals surface area contributed by atoms with Crippen molar-refractivity contribution in [2.75, 3.05) is 5.32 Å². The van der Waals surface area contributed by atoms with E-state index in [0.29, 0.717) is 11.1 Å². The smallest absolute Gasteiger partial charge is 0.255 e. The summed E-state index contributed by atoms with van der Waals surface area (Å²) in [7, 11) is 0. The van der Waals surface area contributed by atoms with Crippen molar-refractivity contribution in [3.63, 3.8) is 0 Å². The second kappa shape index (κ2) is 4.07. The number of nitrogens with one attached hydrogen (secondary N) is 2. The molecule has 0 aromatic heterocycles. The van der Waals surface area contributed by atoms with Crippen molar-refractivity contribution in [2.45, 2.75) is 6.17 Å². The molecule has 1 heterocycles. The number of phenols is 1. The maximum absolute atomic E-state index is 11.9. The monoisotopic (exact) mass is 240 g/mol. The van der Waals surface area contributed by atoms with E-state index in [9.17, 15) is 9.90 Å². The van der Waals surface area contributed by atoms with Crippen LogP contribution in [0.4, 0.5) is 5.69 Å². The van der Waals surface area contributed by atoms with Crippen LogP contribution in [0, 0.1) is 0 Å². The highest BCUT2D eigenvalue weighted by Gasteiger charge is 2.25. The first-order chi connectivity index (χ1) is 8.75. The summed E-state index contributed by atoms with van der Waals surface area (Å²) in [5, 5.41) is 15.8. The van der Waals surface area contributed by atoms with Gasteiger partial charge in [-0.05, 0) is 18.2 Å². The van der Waals surface area contributed by atoms with Crippen LogP contribution >= 0.6 is 0 Å². The number of carbonyl (C=O) groups is 1. The lowest BCUT2D eigenvalue weighted by Gasteiger charge is -2.28. The van der Waals surface area contributed by atoms with Crippen LogP contribution in [0.15, 0.2) is 48.5 Å². The summed E-state index contributed by atoms with van der Waals surface area (Å²) in [6.45, 7) is 0. The molecule has 4 heteroatoms. The van der Waals surface area contributed by atoms with E-state index >= 15 is 0 Å². The van der Waals surface area contributed by atoms with Crippen molar-refractivity contribution in [1.29, 1.82) is 0 Å². The molecule has 1 amide bonds. The summed E-state index contributed by atoms with van der Waals surface area (Å²) in [5.41, 5.74) is 2.04. The van der Waals surface area contributed by atoms with Gasteiger partial charge in [-0.3, -0.25) is 4.79 Å². The van der Waals surface area contributed by atoms with E-state index in [0.717, 1.165) is 5.69 Å². The molecular formula is C14H12N2O2. The predicted molar refractivity (Wildman–Crippen MR) is 68.4 cm³/mol. The third-order valence-corrected chi connectivity index (χ3v) is 2.99. The van der Waals surface area contributed by atoms with Gasteiger partial charge in [0.15, 0.2) is 0 Å². The molecule has 0 fully saturated rings. The minimum Gasteiger partial charge on any atom is -0.508 e. The Labute approximate surface area is 104 Å². The Morgan fingerprint density at radius 3 is 2.50 bits per heavy atom. The Kier molecular flexibility index (Phi) is 2.41. The number of phenolic OH excluding ortho intramolecular Hbond substituents is 1. The van der Waals surface area contributed by atoms with Gasteiger partial charge in [0.05, 0.1) is 5.56 Å². The molecule has 0 unspecified atom stereocenters. The molecule has 0 radical (unpaired) electrons. The van der Waals surface area contributed by atoms with Crippen LogP contribution < -0.4 is 10.6 Å². The number of carbonyl (C=O) groups excluding carboxylic acids is 1. The molecule has 90 valence electrons. The first-order valence-electron chi connectivity index (χ1n) is 5.70. The summed E-state index contributed by atoms with van der Waals surface area (Å²) >= 11 is 0. The first-order valence-corrected chi connectivity index (χ1v) is 5.70. The van der Waals surface area contributed by atoms with Crippen molar-refractivity contribution >= 4 is 11.6 Å². The molecule has 0 bridgehead atoms. The fourth-order valence-corrected chi connectivity index (χ4v) is 2.09. The van der Waals surface area contributed by atoms with Crippen LogP contribution in [0.3, 0.4) is 0 Å². The van der Waals surface area contributed by atoms with Crippen molar-refractivity contribution in [3.8, 4) is 5.75 Å². The van der Waals surface area contributed by atoms with Gasteiger partial charge in [-0.2, -0.15) is 0 Å². The number of hydrogen-bond donors (Lipinski definition) is 3.